The van der Waals surface area contributed by atoms with Gasteiger partial charge in [-0.3, -0.25) is 15.5 Å². The Morgan fingerprint density at radius 3 is 3.05 bits per heavy atom. The first-order chi connectivity index (χ1) is 9.54. The SMILES string of the molecule is COCCNC(=S)N/N=C/c1cc([N+](=O)[O-])ccc1O. The van der Waals surface area contributed by atoms with Crippen LogP contribution in [0.5, 0.6) is 5.75 Å². The molecule has 0 saturated heterocycles. The molecule has 9 heteroatoms. The number of methoxy groups -OCH3 is 1. The van der Waals surface area contributed by atoms with Crippen LogP contribution in [-0.2, 0) is 4.74 Å². The van der Waals surface area contributed by atoms with E-state index >= 15 is 0 Å². The first-order valence-electron chi connectivity index (χ1n) is 5.58. The third kappa shape index (κ3) is 5.16. The minimum Gasteiger partial charge on any atom is -0.507 e. The number of rotatable bonds is 6. The summed E-state index contributed by atoms with van der Waals surface area (Å²) >= 11 is 4.92. The highest BCUT2D eigenvalue weighted by Gasteiger charge is 2.08. The van der Waals surface area contributed by atoms with Crippen LogP contribution in [0.1, 0.15) is 5.56 Å². The van der Waals surface area contributed by atoms with Crippen molar-refractivity contribution < 1.29 is 14.8 Å². The molecule has 0 spiro atoms. The molecule has 0 aliphatic heterocycles. The number of hydrogen-bond acceptors (Lipinski definition) is 6. The van der Waals surface area contributed by atoms with Gasteiger partial charge in [-0.2, -0.15) is 5.10 Å². The van der Waals surface area contributed by atoms with Gasteiger partial charge in [0.05, 0.1) is 17.7 Å². The lowest BCUT2D eigenvalue weighted by Crippen LogP contribution is -2.34. The van der Waals surface area contributed by atoms with E-state index in [1.807, 2.05) is 0 Å². The quantitative estimate of drug-likeness (QED) is 0.234. The fraction of sp³-hybridized carbons (Fsp3) is 0.273. The molecule has 0 unspecified atom stereocenters. The maximum Gasteiger partial charge on any atom is 0.270 e. The molecule has 108 valence electrons. The monoisotopic (exact) mass is 298 g/mol. The van der Waals surface area contributed by atoms with E-state index < -0.39 is 4.92 Å². The van der Waals surface area contributed by atoms with Crippen LogP contribution in [-0.4, -0.2) is 41.6 Å². The Morgan fingerprint density at radius 2 is 2.40 bits per heavy atom. The Bertz CT molecular complexity index is 521. The van der Waals surface area contributed by atoms with Crippen LogP contribution in [0.25, 0.3) is 0 Å². The summed E-state index contributed by atoms with van der Waals surface area (Å²) in [6.45, 7) is 1.02. The summed E-state index contributed by atoms with van der Waals surface area (Å²) in [5.41, 5.74) is 2.60. The normalized spacial score (nSPS) is 10.4. The summed E-state index contributed by atoms with van der Waals surface area (Å²) in [7, 11) is 1.57. The van der Waals surface area contributed by atoms with Gasteiger partial charge in [0.2, 0.25) is 0 Å². The van der Waals surface area contributed by atoms with Crippen molar-refractivity contribution in [3.63, 3.8) is 0 Å². The molecule has 0 bridgehead atoms. The number of non-ortho nitro benzene ring substituents is 1. The molecule has 0 amide bonds. The number of hydrazone groups is 1. The van der Waals surface area contributed by atoms with Crippen LogP contribution < -0.4 is 10.7 Å². The fourth-order valence-electron chi connectivity index (χ4n) is 1.23. The van der Waals surface area contributed by atoms with Crippen molar-refractivity contribution in [1.82, 2.24) is 10.7 Å². The van der Waals surface area contributed by atoms with Crippen LogP contribution in [0.15, 0.2) is 23.3 Å². The second kappa shape index (κ2) is 8.02. The topological polar surface area (TPSA) is 109 Å². The van der Waals surface area contributed by atoms with Crippen molar-refractivity contribution in [3.05, 3.63) is 33.9 Å². The number of thiocarbonyl (C=S) groups is 1. The van der Waals surface area contributed by atoms with Crippen LogP contribution in [0.3, 0.4) is 0 Å². The van der Waals surface area contributed by atoms with Gasteiger partial charge < -0.3 is 15.2 Å². The van der Waals surface area contributed by atoms with Crippen LogP contribution in [0.2, 0.25) is 0 Å². The highest BCUT2D eigenvalue weighted by molar-refractivity contribution is 7.80. The summed E-state index contributed by atoms with van der Waals surface area (Å²) in [6.07, 6.45) is 1.24. The largest absolute Gasteiger partial charge is 0.507 e. The molecule has 20 heavy (non-hydrogen) atoms. The second-order valence-corrected chi connectivity index (χ2v) is 4.03. The Hall–Kier alpha value is -2.26. The first-order valence-corrected chi connectivity index (χ1v) is 5.98. The maximum atomic E-state index is 10.6. The molecule has 0 atom stereocenters. The van der Waals surface area contributed by atoms with E-state index in [0.717, 1.165) is 0 Å². The molecule has 0 aliphatic rings. The summed E-state index contributed by atoms with van der Waals surface area (Å²) in [6, 6.07) is 3.65. The molecule has 3 N–H and O–H groups in total. The van der Waals surface area contributed by atoms with Gasteiger partial charge in [-0.25, -0.2) is 0 Å². The van der Waals surface area contributed by atoms with E-state index in [1.54, 1.807) is 7.11 Å². The third-order valence-electron chi connectivity index (χ3n) is 2.18. The molecule has 0 heterocycles. The van der Waals surface area contributed by atoms with Gasteiger partial charge in [0.1, 0.15) is 5.75 Å². The standard InChI is InChI=1S/C11H14N4O4S/c1-19-5-4-12-11(20)14-13-7-8-6-9(15(17)18)2-3-10(8)16/h2-3,6-7,16H,4-5H2,1H3,(H2,12,14,20)/b13-7+. The van der Waals surface area contributed by atoms with Gasteiger partial charge >= 0.3 is 0 Å². The molecular weight excluding hydrogens is 284 g/mol. The van der Waals surface area contributed by atoms with Crippen LogP contribution in [0, 0.1) is 10.1 Å². The van der Waals surface area contributed by atoms with Gasteiger partial charge in [0.25, 0.3) is 5.69 Å². The zero-order chi connectivity index (χ0) is 15.0. The maximum absolute atomic E-state index is 10.6. The molecule has 0 aliphatic carbocycles. The molecule has 1 aromatic carbocycles. The minimum absolute atomic E-state index is 0.112. The highest BCUT2D eigenvalue weighted by atomic mass is 32.1. The minimum atomic E-state index is -0.554. The predicted octanol–water partition coefficient (Wildman–Crippen LogP) is 0.745. The zero-order valence-corrected chi connectivity index (χ0v) is 11.5. The van der Waals surface area contributed by atoms with Crippen molar-refractivity contribution in [2.45, 2.75) is 0 Å². The Morgan fingerprint density at radius 1 is 1.65 bits per heavy atom. The van der Waals surface area contributed by atoms with E-state index in [9.17, 15) is 15.2 Å². The predicted molar refractivity (Wildman–Crippen MR) is 78.0 cm³/mol. The average Bonchev–Trinajstić information content (AvgIpc) is 2.41. The molecule has 8 nitrogen and oxygen atoms in total. The van der Waals surface area contributed by atoms with Crippen molar-refractivity contribution in [1.29, 1.82) is 0 Å². The van der Waals surface area contributed by atoms with E-state index in [0.29, 0.717) is 13.2 Å². The molecular formula is C11H14N4O4S. The number of nitro benzene ring substituents is 1. The van der Waals surface area contributed by atoms with Gasteiger partial charge in [-0.15, -0.1) is 0 Å². The second-order valence-electron chi connectivity index (χ2n) is 3.62. The number of benzene rings is 1. The van der Waals surface area contributed by atoms with Crippen molar-refractivity contribution in [3.8, 4) is 5.75 Å². The first kappa shape index (κ1) is 15.8. The Labute approximate surface area is 120 Å². The van der Waals surface area contributed by atoms with Crippen LogP contribution >= 0.6 is 12.2 Å². The zero-order valence-electron chi connectivity index (χ0n) is 10.7. The van der Waals surface area contributed by atoms with Gasteiger partial charge in [-0.05, 0) is 18.3 Å². The smallest absolute Gasteiger partial charge is 0.270 e. The Kier molecular flexibility index (Phi) is 6.33. The lowest BCUT2D eigenvalue weighted by molar-refractivity contribution is -0.384. The van der Waals surface area contributed by atoms with E-state index in [4.69, 9.17) is 17.0 Å². The number of hydrogen-bond donors (Lipinski definition) is 3. The van der Waals surface area contributed by atoms with Crippen molar-refractivity contribution in [2.24, 2.45) is 5.10 Å². The number of nitrogens with one attached hydrogen (secondary N) is 2. The molecule has 0 aromatic heterocycles. The van der Waals surface area contributed by atoms with Crippen molar-refractivity contribution in [2.75, 3.05) is 20.3 Å². The summed E-state index contributed by atoms with van der Waals surface area (Å²) in [5.74, 6) is -0.112. The molecule has 0 saturated carbocycles. The average molecular weight is 298 g/mol. The lowest BCUT2D eigenvalue weighted by atomic mass is 10.2. The van der Waals surface area contributed by atoms with Gasteiger partial charge in [-0.1, -0.05) is 0 Å². The fourth-order valence-corrected chi connectivity index (χ4v) is 1.38. The summed E-state index contributed by atoms with van der Waals surface area (Å²) in [4.78, 5) is 10.1. The van der Waals surface area contributed by atoms with Gasteiger partial charge in [0.15, 0.2) is 5.11 Å². The third-order valence-corrected chi connectivity index (χ3v) is 2.42. The summed E-state index contributed by atoms with van der Waals surface area (Å²) < 4.78 is 4.83. The van der Waals surface area contributed by atoms with Crippen LogP contribution in [0.4, 0.5) is 5.69 Å². The number of nitro groups is 1. The number of ether oxygens (including phenoxy) is 1. The lowest BCUT2D eigenvalue weighted by Gasteiger charge is -2.05. The van der Waals surface area contributed by atoms with Crippen molar-refractivity contribution >= 4 is 29.2 Å². The van der Waals surface area contributed by atoms with E-state index in [-0.39, 0.29) is 22.1 Å². The summed E-state index contributed by atoms with van der Waals surface area (Å²) in [5, 5.41) is 27.0. The van der Waals surface area contributed by atoms with E-state index in [2.05, 4.69) is 15.8 Å². The number of aromatic hydroxyl groups is 1. The molecule has 1 rings (SSSR count). The number of phenolic OH excluding ortho intramolecular Hbond substituents is 1. The molecule has 0 radical (unpaired) electrons. The van der Waals surface area contributed by atoms with E-state index in [1.165, 1.54) is 24.4 Å². The highest BCUT2D eigenvalue weighted by Crippen LogP contribution is 2.20. The number of nitrogens with zero attached hydrogens (tertiary/aromatic N) is 2. The number of phenols is 1. The molecule has 1 aromatic rings. The Balaban J connectivity index is 2.59. The molecule has 0 fully saturated rings. The van der Waals surface area contributed by atoms with Gasteiger partial charge in [0, 0.05) is 31.4 Å².